The van der Waals surface area contributed by atoms with E-state index < -0.39 is 95.1 Å². The average molecular weight is 1730 g/mol. The Kier molecular flexibility index (Phi) is 53.6. The number of hydrogen-bond acceptors (Lipinski definition) is 16. The first kappa shape index (κ1) is 105. The fourth-order valence-electron chi connectivity index (χ4n) is 9.41. The molecule has 0 aromatic heterocycles. The number of imide groups is 8. The van der Waals surface area contributed by atoms with Crippen LogP contribution in [0.2, 0.25) is 0 Å². The van der Waals surface area contributed by atoms with Crippen LogP contribution < -0.4 is 21.3 Å². The molecule has 0 saturated carbocycles. The summed E-state index contributed by atoms with van der Waals surface area (Å²) in [6.45, 7) is 41.3. The molecule has 104 heavy (non-hydrogen) atoms. The molecule has 24 nitrogen and oxygen atoms in total. The number of piperidine rings is 4. The van der Waals surface area contributed by atoms with Gasteiger partial charge in [0, 0.05) is 157 Å². The van der Waals surface area contributed by atoms with E-state index in [9.17, 15) is 76.7 Å². The van der Waals surface area contributed by atoms with Gasteiger partial charge >= 0.3 is 0 Å². The Bertz CT molecular complexity index is 3000. The molecule has 0 aliphatic carbocycles. The molecule has 556 valence electrons. The van der Waals surface area contributed by atoms with E-state index in [1.54, 1.807) is 12.1 Å². The molecule has 4 saturated heterocycles. The van der Waals surface area contributed by atoms with Gasteiger partial charge in [0.25, 0.3) is 0 Å². The van der Waals surface area contributed by atoms with Crippen molar-refractivity contribution in [2.75, 3.05) is 0 Å². The van der Waals surface area contributed by atoms with E-state index in [1.807, 2.05) is 55.4 Å². The minimum absolute atomic E-state index is 0. The van der Waals surface area contributed by atoms with Gasteiger partial charge < -0.3 is 37.1 Å². The molecule has 8 heterocycles. The van der Waals surface area contributed by atoms with Crippen LogP contribution in [0.25, 0.3) is 0 Å². The van der Waals surface area contributed by atoms with E-state index in [0.717, 1.165) is 25.5 Å². The minimum atomic E-state index is -0.918. The van der Waals surface area contributed by atoms with Crippen molar-refractivity contribution >= 4 is 94.5 Å². The standard InChI is InChI=1S/4C13H9N2O4.C4H10.3C4H9.4C2H6.4Y/c4*16-10-6-5-9(11(17)14-10)15-12(18)7-3-1-2-4-8(7)13(15)19;4*1-4(2)3;4*1-2;;;;/h2*1,3-4,9H,5-6H2,(H,14,16,17);2*1-3,9H,5-6H2,(H,14,16,17);4H,1-3H3;3*1-3H3;4*1-2H3;;;;/q4*-1;;3*-1;;;;;;;;. The maximum Gasteiger partial charge on any atom is 0.249 e. The Morgan fingerprint density at radius 3 is 0.731 bits per heavy atom. The first-order chi connectivity index (χ1) is 47.3. The number of nitrogens with one attached hydrogen (secondary N) is 4. The van der Waals surface area contributed by atoms with Gasteiger partial charge in [-0.2, -0.15) is 111 Å². The summed E-state index contributed by atoms with van der Waals surface area (Å²) in [5, 5.41) is 8.56. The van der Waals surface area contributed by atoms with Crippen LogP contribution in [0.5, 0.6) is 0 Å². The second-order valence-corrected chi connectivity index (χ2v) is 23.9. The Balaban J connectivity index is -0.000000574. The first-order valence-corrected chi connectivity index (χ1v) is 33.5. The van der Waals surface area contributed by atoms with Crippen molar-refractivity contribution in [3.05, 3.63) is 159 Å². The molecular formula is C76H97N8O16Y4-7. The first-order valence-electron chi connectivity index (χ1n) is 33.5. The number of carbonyl (C=O) groups is 16. The summed E-state index contributed by atoms with van der Waals surface area (Å²) in [4.78, 5) is 192. The van der Waals surface area contributed by atoms with Gasteiger partial charge in [0.15, 0.2) is 11.8 Å². The van der Waals surface area contributed by atoms with E-state index in [1.165, 1.54) is 78.4 Å². The van der Waals surface area contributed by atoms with Crippen LogP contribution in [-0.2, 0) is 169 Å². The zero-order chi connectivity index (χ0) is 76.6. The predicted molar refractivity (Wildman–Crippen MR) is 374 cm³/mol. The summed E-state index contributed by atoms with van der Waals surface area (Å²) in [5.74, 6) is -2.96. The van der Waals surface area contributed by atoms with Gasteiger partial charge in [-0.25, -0.2) is 0 Å². The summed E-state index contributed by atoms with van der Waals surface area (Å²) in [6, 6.07) is 25.5. The number of hydrogen-bond donors (Lipinski definition) is 4. The van der Waals surface area contributed by atoms with Crippen LogP contribution in [0, 0.1) is 47.9 Å². The molecule has 16 amide bonds. The van der Waals surface area contributed by atoms with Crippen LogP contribution in [0.4, 0.5) is 0 Å². The molecule has 4 atom stereocenters. The molecule has 0 spiro atoms. The van der Waals surface area contributed by atoms with Crippen molar-refractivity contribution in [2.24, 2.45) is 5.92 Å². The van der Waals surface area contributed by atoms with Crippen molar-refractivity contribution in [3.63, 3.8) is 0 Å². The topological polar surface area (TPSA) is 334 Å². The molecule has 4 aromatic carbocycles. The van der Waals surface area contributed by atoms with Crippen LogP contribution in [0.3, 0.4) is 0 Å². The fourth-order valence-corrected chi connectivity index (χ4v) is 9.41. The van der Waals surface area contributed by atoms with Gasteiger partial charge in [0.1, 0.15) is 24.2 Å². The minimum Gasteiger partial charge on any atom is -0.327 e. The normalized spacial score (nSPS) is 18.1. The van der Waals surface area contributed by atoms with Crippen molar-refractivity contribution in [3.8, 4) is 0 Å². The maximum atomic E-state index is 12.2. The molecule has 4 fully saturated rings. The van der Waals surface area contributed by atoms with E-state index in [0.29, 0.717) is 0 Å². The number of rotatable bonds is 4. The quantitative estimate of drug-likeness (QED) is 0.109. The van der Waals surface area contributed by atoms with Gasteiger partial charge in [-0.05, 0) is 42.7 Å². The number of nitrogens with zero attached hydrogens (tertiary/aromatic N) is 4. The van der Waals surface area contributed by atoms with Gasteiger partial charge in [0.05, 0.1) is 0 Å². The third-order valence-corrected chi connectivity index (χ3v) is 13.1. The van der Waals surface area contributed by atoms with Crippen molar-refractivity contribution in [1.29, 1.82) is 0 Å². The molecule has 4 aromatic rings. The Morgan fingerprint density at radius 2 is 0.529 bits per heavy atom. The smallest absolute Gasteiger partial charge is 0.249 e. The van der Waals surface area contributed by atoms with Crippen molar-refractivity contribution in [1.82, 2.24) is 40.9 Å². The summed E-state index contributed by atoms with van der Waals surface area (Å²) < 4.78 is 0. The number of carbonyl (C=O) groups excluding carboxylic acids is 16. The Morgan fingerprint density at radius 1 is 0.327 bits per heavy atom. The molecule has 4 unspecified atom stereocenters. The van der Waals surface area contributed by atoms with Crippen LogP contribution in [0.1, 0.15) is 273 Å². The average Bonchev–Trinajstić information content (AvgIpc) is 1.64. The van der Waals surface area contributed by atoms with Crippen LogP contribution in [-0.4, -0.2) is 138 Å². The van der Waals surface area contributed by atoms with Crippen LogP contribution in [0.15, 0.2) is 72.8 Å². The molecular weight excluding hydrogens is 1640 g/mol. The molecule has 4 N–H and O–H groups in total. The fraction of sp³-hybridized carbons (Fsp3) is 0.434. The molecule has 28 heteroatoms. The predicted octanol–water partition coefficient (Wildman–Crippen LogP) is 10.2. The second-order valence-electron chi connectivity index (χ2n) is 23.9. The summed E-state index contributed by atoms with van der Waals surface area (Å²) >= 11 is 0. The summed E-state index contributed by atoms with van der Waals surface area (Å²) in [6.07, 6.45) is 1.14. The molecule has 0 bridgehead atoms. The maximum absolute atomic E-state index is 12.2. The molecule has 8 aliphatic rings. The van der Waals surface area contributed by atoms with E-state index in [-0.39, 0.29) is 250 Å². The summed E-state index contributed by atoms with van der Waals surface area (Å²) in [7, 11) is 0. The molecule has 8 aliphatic heterocycles. The second kappa shape index (κ2) is 53.2. The number of benzene rings is 4. The monoisotopic (exact) mass is 1730 g/mol. The van der Waals surface area contributed by atoms with Gasteiger partial charge in [-0.3, -0.25) is 98.2 Å². The zero-order valence-electron chi connectivity index (χ0n) is 63.6. The third-order valence-electron chi connectivity index (χ3n) is 13.1. The SMILES string of the molecule is CC.CC.CC.CC.CC(C)C.C[C-](C)C.C[C-](C)C.C[C-](C)C.O=C1CCC(N2C(=O)c3[c-]cccc3C2=O)C(=O)N1.O=C1CCC(N2C(=O)c3[c-]cccc3C2=O)C(=O)N1.O=C1CCC(N2C(=O)c3c[c-]ccc3C2=O)C(=O)N1.O=C1CCC(N2C(=O)c3c[c-]ccc3C2=O)C(=O)N1.[Y].[Y].[Y].[Y]. The van der Waals surface area contributed by atoms with E-state index in [4.69, 9.17) is 0 Å². The van der Waals surface area contributed by atoms with Crippen LogP contribution >= 0.6 is 0 Å². The van der Waals surface area contributed by atoms with E-state index in [2.05, 4.69) is 129 Å². The van der Waals surface area contributed by atoms with Gasteiger partial charge in [0.2, 0.25) is 82.7 Å². The van der Waals surface area contributed by atoms with Gasteiger partial charge in [-0.1, -0.05) is 110 Å². The Labute approximate surface area is 714 Å². The zero-order valence-corrected chi connectivity index (χ0v) is 75.0. The van der Waals surface area contributed by atoms with Crippen molar-refractivity contribution < 1.29 is 208 Å². The third kappa shape index (κ3) is 30.2. The molecule has 4 radical (unpaired) electrons. The van der Waals surface area contributed by atoms with Gasteiger partial charge in [-0.15, -0.1) is 48.5 Å². The Hall–Kier alpha value is -5.58. The largest absolute Gasteiger partial charge is 0.327 e. The number of amides is 16. The molecule has 12 rings (SSSR count). The van der Waals surface area contributed by atoms with Crippen molar-refractivity contribution in [2.45, 2.75) is 214 Å². The van der Waals surface area contributed by atoms with E-state index >= 15 is 0 Å². The number of fused-ring (bicyclic) bond motifs is 4. The summed E-state index contributed by atoms with van der Waals surface area (Å²) in [5.41, 5.74) is 1.89.